The zero-order valence-electron chi connectivity index (χ0n) is 8.75. The normalized spacial score (nSPS) is 15.2. The van der Waals surface area contributed by atoms with E-state index in [1.54, 1.807) is 6.07 Å². The van der Waals surface area contributed by atoms with Crippen molar-refractivity contribution in [2.75, 3.05) is 16.8 Å². The van der Waals surface area contributed by atoms with Gasteiger partial charge in [0.2, 0.25) is 5.91 Å². The van der Waals surface area contributed by atoms with Crippen LogP contribution in [0.4, 0.5) is 15.8 Å². The number of carbonyl (C=O) groups excluding carboxylic acids is 1. The number of fused-ring (bicyclic) bond motifs is 1. The molecule has 1 aromatic rings. The fourth-order valence-corrected chi connectivity index (χ4v) is 1.75. The number of nitrogens with one attached hydrogen (secondary N) is 1. The van der Waals surface area contributed by atoms with E-state index in [9.17, 15) is 9.18 Å². The highest BCUT2D eigenvalue weighted by molar-refractivity contribution is 6.01. The Hall–Kier alpha value is -1.58. The van der Waals surface area contributed by atoms with Crippen molar-refractivity contribution in [3.63, 3.8) is 0 Å². The van der Waals surface area contributed by atoms with Gasteiger partial charge in [0.05, 0.1) is 17.9 Å². The van der Waals surface area contributed by atoms with Crippen molar-refractivity contribution in [2.45, 2.75) is 19.9 Å². The van der Waals surface area contributed by atoms with Gasteiger partial charge in [-0.2, -0.15) is 0 Å². The third-order valence-electron chi connectivity index (χ3n) is 2.48. The van der Waals surface area contributed by atoms with E-state index in [-0.39, 0.29) is 17.8 Å². The summed E-state index contributed by atoms with van der Waals surface area (Å²) in [5.41, 5.74) is 1.44. The maximum Gasteiger partial charge on any atom is 0.243 e. The Balaban J connectivity index is 2.46. The van der Waals surface area contributed by atoms with Gasteiger partial charge >= 0.3 is 0 Å². The van der Waals surface area contributed by atoms with Crippen LogP contribution < -0.4 is 10.2 Å². The van der Waals surface area contributed by atoms with Gasteiger partial charge in [0, 0.05) is 6.04 Å². The molecule has 0 fully saturated rings. The highest BCUT2D eigenvalue weighted by atomic mass is 19.1. The Bertz CT molecular complexity index is 404. The number of hydrogen-bond acceptors (Lipinski definition) is 2. The van der Waals surface area contributed by atoms with E-state index in [0.29, 0.717) is 12.2 Å². The molecule has 4 heteroatoms. The SMILES string of the molecule is CC(C)N1CC(=O)Nc2cc(F)ccc21. The molecule has 1 N–H and O–H groups in total. The van der Waals surface area contributed by atoms with Crippen molar-refractivity contribution in [1.29, 1.82) is 0 Å². The Morgan fingerprint density at radius 2 is 2.20 bits per heavy atom. The minimum Gasteiger partial charge on any atom is -0.358 e. The number of carbonyl (C=O) groups is 1. The number of halogens is 1. The quantitative estimate of drug-likeness (QED) is 0.765. The monoisotopic (exact) mass is 208 g/mol. The largest absolute Gasteiger partial charge is 0.358 e. The molecule has 15 heavy (non-hydrogen) atoms. The summed E-state index contributed by atoms with van der Waals surface area (Å²) in [5, 5.41) is 2.66. The van der Waals surface area contributed by atoms with Gasteiger partial charge in [-0.3, -0.25) is 4.79 Å². The van der Waals surface area contributed by atoms with Crippen LogP contribution in [0, 0.1) is 5.82 Å². The zero-order valence-corrected chi connectivity index (χ0v) is 8.75. The molecule has 0 saturated heterocycles. The van der Waals surface area contributed by atoms with E-state index in [1.165, 1.54) is 12.1 Å². The minimum absolute atomic E-state index is 0.0956. The topological polar surface area (TPSA) is 32.3 Å². The maximum atomic E-state index is 13.0. The van der Waals surface area contributed by atoms with Gasteiger partial charge in [-0.1, -0.05) is 0 Å². The van der Waals surface area contributed by atoms with Gasteiger partial charge in [-0.05, 0) is 32.0 Å². The Morgan fingerprint density at radius 1 is 1.47 bits per heavy atom. The van der Waals surface area contributed by atoms with Gasteiger partial charge in [0.15, 0.2) is 0 Å². The van der Waals surface area contributed by atoms with Gasteiger partial charge < -0.3 is 10.2 Å². The van der Waals surface area contributed by atoms with Crippen LogP contribution in [0.1, 0.15) is 13.8 Å². The second-order valence-corrected chi connectivity index (χ2v) is 3.93. The number of rotatable bonds is 1. The molecule has 2 rings (SSSR count). The van der Waals surface area contributed by atoms with E-state index in [1.807, 2.05) is 18.7 Å². The molecule has 0 radical (unpaired) electrons. The standard InChI is InChI=1S/C11H13FN2O/c1-7(2)14-6-11(15)13-9-5-8(12)3-4-10(9)14/h3-5,7H,6H2,1-2H3,(H,13,15). The van der Waals surface area contributed by atoms with Crippen LogP contribution in [0.15, 0.2) is 18.2 Å². The van der Waals surface area contributed by atoms with Crippen LogP contribution in [0.25, 0.3) is 0 Å². The van der Waals surface area contributed by atoms with Crippen LogP contribution in [-0.2, 0) is 4.79 Å². The molecule has 0 saturated carbocycles. The molecule has 1 amide bonds. The Kier molecular flexibility index (Phi) is 2.34. The summed E-state index contributed by atoms with van der Waals surface area (Å²) in [5.74, 6) is -0.429. The number of amides is 1. The molecule has 0 aliphatic carbocycles. The second kappa shape index (κ2) is 3.53. The van der Waals surface area contributed by atoms with E-state index in [4.69, 9.17) is 0 Å². The summed E-state index contributed by atoms with van der Waals surface area (Å²) < 4.78 is 13.0. The predicted octanol–water partition coefficient (Wildman–Crippen LogP) is 1.99. The predicted molar refractivity (Wildman–Crippen MR) is 57.5 cm³/mol. The van der Waals surface area contributed by atoms with Crippen molar-refractivity contribution >= 4 is 17.3 Å². The summed E-state index contributed by atoms with van der Waals surface area (Å²) in [6.07, 6.45) is 0. The second-order valence-electron chi connectivity index (χ2n) is 3.93. The Morgan fingerprint density at radius 3 is 2.87 bits per heavy atom. The summed E-state index contributed by atoms with van der Waals surface area (Å²) >= 11 is 0. The average Bonchev–Trinajstić information content (AvgIpc) is 2.15. The van der Waals surface area contributed by atoms with Crippen molar-refractivity contribution in [3.05, 3.63) is 24.0 Å². The molecular weight excluding hydrogens is 195 g/mol. The van der Waals surface area contributed by atoms with Crippen molar-refractivity contribution < 1.29 is 9.18 Å². The van der Waals surface area contributed by atoms with Crippen molar-refractivity contribution in [1.82, 2.24) is 0 Å². The fraction of sp³-hybridized carbons (Fsp3) is 0.364. The van der Waals surface area contributed by atoms with Crippen LogP contribution >= 0.6 is 0 Å². The Labute approximate surface area is 87.9 Å². The highest BCUT2D eigenvalue weighted by Crippen LogP contribution is 2.31. The van der Waals surface area contributed by atoms with Crippen molar-refractivity contribution in [2.24, 2.45) is 0 Å². The number of anilines is 2. The molecule has 3 nitrogen and oxygen atoms in total. The average molecular weight is 208 g/mol. The molecule has 80 valence electrons. The summed E-state index contributed by atoms with van der Waals surface area (Å²) in [7, 11) is 0. The molecule has 1 aromatic carbocycles. The van der Waals surface area contributed by atoms with Gasteiger partial charge in [-0.15, -0.1) is 0 Å². The first-order chi connectivity index (χ1) is 7.08. The molecule has 1 heterocycles. The summed E-state index contributed by atoms with van der Waals surface area (Å²) in [6.45, 7) is 4.34. The van der Waals surface area contributed by atoms with Crippen LogP contribution in [0.3, 0.4) is 0 Å². The number of hydrogen-bond donors (Lipinski definition) is 1. The lowest BCUT2D eigenvalue weighted by Crippen LogP contribution is -2.42. The van der Waals surface area contributed by atoms with Gasteiger partial charge in [0.1, 0.15) is 5.82 Å². The van der Waals surface area contributed by atoms with Gasteiger partial charge in [0.25, 0.3) is 0 Å². The van der Waals surface area contributed by atoms with Crippen LogP contribution in [0.5, 0.6) is 0 Å². The number of nitrogens with zero attached hydrogens (tertiary/aromatic N) is 1. The van der Waals surface area contributed by atoms with Gasteiger partial charge in [-0.25, -0.2) is 4.39 Å². The molecule has 0 spiro atoms. The first-order valence-corrected chi connectivity index (χ1v) is 4.94. The maximum absolute atomic E-state index is 13.0. The third-order valence-corrected chi connectivity index (χ3v) is 2.48. The van der Waals surface area contributed by atoms with Crippen LogP contribution in [-0.4, -0.2) is 18.5 Å². The van der Waals surface area contributed by atoms with E-state index < -0.39 is 0 Å². The minimum atomic E-state index is -0.334. The van der Waals surface area contributed by atoms with Crippen molar-refractivity contribution in [3.8, 4) is 0 Å². The molecule has 0 bridgehead atoms. The van der Waals surface area contributed by atoms with E-state index in [0.717, 1.165) is 5.69 Å². The highest BCUT2D eigenvalue weighted by Gasteiger charge is 2.23. The van der Waals surface area contributed by atoms with E-state index in [2.05, 4.69) is 5.32 Å². The third kappa shape index (κ3) is 1.79. The lowest BCUT2D eigenvalue weighted by Gasteiger charge is -2.33. The smallest absolute Gasteiger partial charge is 0.243 e. The summed E-state index contributed by atoms with van der Waals surface area (Å²) in [6, 6.07) is 4.68. The lowest BCUT2D eigenvalue weighted by molar-refractivity contribution is -0.115. The first kappa shape index (κ1) is 9.96. The lowest BCUT2D eigenvalue weighted by atomic mass is 10.1. The van der Waals surface area contributed by atoms with E-state index >= 15 is 0 Å². The molecular formula is C11H13FN2O. The molecule has 0 aromatic heterocycles. The molecule has 0 atom stereocenters. The summed E-state index contributed by atoms with van der Waals surface area (Å²) in [4.78, 5) is 13.3. The van der Waals surface area contributed by atoms with Crippen LogP contribution in [0.2, 0.25) is 0 Å². The molecule has 0 unspecified atom stereocenters. The molecule has 1 aliphatic heterocycles. The first-order valence-electron chi connectivity index (χ1n) is 4.94. The number of benzene rings is 1. The fourth-order valence-electron chi connectivity index (χ4n) is 1.75. The zero-order chi connectivity index (χ0) is 11.0. The molecule has 1 aliphatic rings.